The van der Waals surface area contributed by atoms with E-state index in [1.165, 1.54) is 22.5 Å². The second-order valence-electron chi connectivity index (χ2n) is 3.90. The summed E-state index contributed by atoms with van der Waals surface area (Å²) in [5, 5.41) is 1.27. The highest BCUT2D eigenvalue weighted by Crippen LogP contribution is 2.43. The van der Waals surface area contributed by atoms with E-state index in [4.69, 9.17) is 5.90 Å². The molecule has 0 unspecified atom stereocenters. The van der Waals surface area contributed by atoms with Crippen LogP contribution in [-0.4, -0.2) is 4.98 Å². The average molecular weight is 220 g/mol. The maximum Gasteiger partial charge on any atom is 0.0969 e. The van der Waals surface area contributed by atoms with Gasteiger partial charge in [-0.15, -0.1) is 11.3 Å². The van der Waals surface area contributed by atoms with E-state index < -0.39 is 0 Å². The SMILES string of the molecule is NOCc1cccc2sc(C3CC3)nc12. The Hall–Kier alpha value is -0.970. The zero-order valence-corrected chi connectivity index (χ0v) is 9.09. The van der Waals surface area contributed by atoms with Crippen molar-refractivity contribution in [2.24, 2.45) is 5.90 Å². The van der Waals surface area contributed by atoms with Crippen molar-refractivity contribution in [3.05, 3.63) is 28.8 Å². The van der Waals surface area contributed by atoms with Crippen LogP contribution in [0.15, 0.2) is 18.2 Å². The Kier molecular flexibility index (Phi) is 2.20. The largest absolute Gasteiger partial charge is 0.300 e. The Balaban J connectivity index is 2.11. The van der Waals surface area contributed by atoms with Gasteiger partial charge in [-0.2, -0.15) is 0 Å². The van der Waals surface area contributed by atoms with E-state index in [1.54, 1.807) is 11.3 Å². The highest BCUT2D eigenvalue weighted by atomic mass is 32.1. The zero-order valence-electron chi connectivity index (χ0n) is 8.27. The first-order chi connectivity index (χ1) is 7.38. The number of thiazole rings is 1. The van der Waals surface area contributed by atoms with Crippen molar-refractivity contribution in [3.8, 4) is 0 Å². The molecular formula is C11H12N2OS. The first-order valence-electron chi connectivity index (χ1n) is 5.08. The monoisotopic (exact) mass is 220 g/mol. The summed E-state index contributed by atoms with van der Waals surface area (Å²) in [7, 11) is 0. The predicted molar refractivity (Wildman–Crippen MR) is 60.6 cm³/mol. The van der Waals surface area contributed by atoms with Crippen molar-refractivity contribution in [2.45, 2.75) is 25.4 Å². The van der Waals surface area contributed by atoms with Crippen LogP contribution < -0.4 is 5.90 Å². The molecule has 0 aliphatic heterocycles. The van der Waals surface area contributed by atoms with E-state index in [2.05, 4.69) is 15.9 Å². The van der Waals surface area contributed by atoms with Crippen LogP contribution in [0, 0.1) is 0 Å². The summed E-state index contributed by atoms with van der Waals surface area (Å²) >= 11 is 1.80. The van der Waals surface area contributed by atoms with Gasteiger partial charge in [-0.3, -0.25) is 4.84 Å². The molecule has 0 spiro atoms. The van der Waals surface area contributed by atoms with Gasteiger partial charge in [0.15, 0.2) is 0 Å². The van der Waals surface area contributed by atoms with Gasteiger partial charge in [0, 0.05) is 11.5 Å². The molecule has 1 aromatic carbocycles. The standard InChI is InChI=1S/C11H12N2OS/c12-14-6-8-2-1-3-9-10(8)13-11(15-9)7-4-5-7/h1-3,7H,4-6,12H2. The second kappa shape index (κ2) is 3.56. The summed E-state index contributed by atoms with van der Waals surface area (Å²) in [5.41, 5.74) is 2.15. The number of rotatable bonds is 3. The van der Waals surface area contributed by atoms with Gasteiger partial charge in [0.05, 0.1) is 21.8 Å². The maximum atomic E-state index is 5.11. The molecule has 1 aromatic heterocycles. The van der Waals surface area contributed by atoms with E-state index >= 15 is 0 Å². The molecule has 2 aromatic rings. The highest BCUT2D eigenvalue weighted by Gasteiger charge is 2.27. The number of hydrogen-bond acceptors (Lipinski definition) is 4. The van der Waals surface area contributed by atoms with Crippen molar-refractivity contribution < 1.29 is 4.84 Å². The third-order valence-electron chi connectivity index (χ3n) is 2.68. The third kappa shape index (κ3) is 1.65. The van der Waals surface area contributed by atoms with Crippen LogP contribution in [0.4, 0.5) is 0 Å². The second-order valence-corrected chi connectivity index (χ2v) is 4.96. The van der Waals surface area contributed by atoms with Crippen LogP contribution in [-0.2, 0) is 11.4 Å². The lowest BCUT2D eigenvalue weighted by Crippen LogP contribution is -1.99. The van der Waals surface area contributed by atoms with Gasteiger partial charge in [-0.1, -0.05) is 12.1 Å². The molecule has 78 valence electrons. The van der Waals surface area contributed by atoms with Gasteiger partial charge >= 0.3 is 0 Å². The number of benzene rings is 1. The molecule has 0 saturated heterocycles. The van der Waals surface area contributed by atoms with Crippen molar-refractivity contribution in [2.75, 3.05) is 0 Å². The van der Waals surface area contributed by atoms with Gasteiger partial charge in [0.25, 0.3) is 0 Å². The maximum absolute atomic E-state index is 5.11. The molecule has 0 amide bonds. The van der Waals surface area contributed by atoms with Crippen LogP contribution in [0.25, 0.3) is 10.2 Å². The fourth-order valence-corrected chi connectivity index (χ4v) is 2.92. The van der Waals surface area contributed by atoms with E-state index in [0.29, 0.717) is 12.5 Å². The molecular weight excluding hydrogens is 208 g/mol. The summed E-state index contributed by atoms with van der Waals surface area (Å²) in [6, 6.07) is 6.16. The first-order valence-corrected chi connectivity index (χ1v) is 5.90. The Bertz CT molecular complexity index is 490. The van der Waals surface area contributed by atoms with Crippen LogP contribution in [0.5, 0.6) is 0 Å². The summed E-state index contributed by atoms with van der Waals surface area (Å²) in [6.07, 6.45) is 2.59. The summed E-state index contributed by atoms with van der Waals surface area (Å²) in [4.78, 5) is 9.36. The van der Waals surface area contributed by atoms with E-state index in [1.807, 2.05) is 12.1 Å². The Morgan fingerprint density at radius 2 is 2.33 bits per heavy atom. The summed E-state index contributed by atoms with van der Waals surface area (Å²) in [6.45, 7) is 0.436. The Labute approximate surface area is 91.8 Å². The number of nitrogens with zero attached hydrogens (tertiary/aromatic N) is 1. The topological polar surface area (TPSA) is 48.1 Å². The third-order valence-corrected chi connectivity index (χ3v) is 3.87. The van der Waals surface area contributed by atoms with Gasteiger partial charge in [0.1, 0.15) is 0 Å². The molecule has 4 heteroatoms. The lowest BCUT2D eigenvalue weighted by atomic mass is 10.2. The molecule has 1 heterocycles. The van der Waals surface area contributed by atoms with Gasteiger partial charge in [0.2, 0.25) is 0 Å². The normalized spacial score (nSPS) is 16.1. The van der Waals surface area contributed by atoms with Crippen molar-refractivity contribution in [1.29, 1.82) is 0 Å². The minimum atomic E-state index is 0.436. The van der Waals surface area contributed by atoms with Gasteiger partial charge < -0.3 is 0 Å². The van der Waals surface area contributed by atoms with Crippen LogP contribution >= 0.6 is 11.3 Å². The summed E-state index contributed by atoms with van der Waals surface area (Å²) < 4.78 is 1.24. The molecule has 0 bridgehead atoms. The summed E-state index contributed by atoms with van der Waals surface area (Å²) in [5.74, 6) is 5.82. The molecule has 2 N–H and O–H groups in total. The minimum Gasteiger partial charge on any atom is -0.300 e. The van der Waals surface area contributed by atoms with E-state index in [-0.39, 0.29) is 0 Å². The van der Waals surface area contributed by atoms with Crippen molar-refractivity contribution in [1.82, 2.24) is 4.98 Å². The van der Waals surface area contributed by atoms with Crippen LogP contribution in [0.1, 0.15) is 29.3 Å². The number of para-hydroxylation sites is 1. The average Bonchev–Trinajstić information content (AvgIpc) is 2.99. The van der Waals surface area contributed by atoms with Crippen molar-refractivity contribution >= 4 is 21.6 Å². The molecule has 1 aliphatic carbocycles. The lowest BCUT2D eigenvalue weighted by Gasteiger charge is -1.98. The highest BCUT2D eigenvalue weighted by molar-refractivity contribution is 7.18. The van der Waals surface area contributed by atoms with E-state index in [9.17, 15) is 0 Å². The Morgan fingerprint density at radius 3 is 3.07 bits per heavy atom. The molecule has 15 heavy (non-hydrogen) atoms. The number of fused-ring (bicyclic) bond motifs is 1. The van der Waals surface area contributed by atoms with Crippen LogP contribution in [0.2, 0.25) is 0 Å². The quantitative estimate of drug-likeness (QED) is 0.809. The molecule has 1 saturated carbocycles. The van der Waals surface area contributed by atoms with E-state index in [0.717, 1.165) is 11.1 Å². The molecule has 3 rings (SSSR count). The minimum absolute atomic E-state index is 0.436. The number of hydrogen-bond donors (Lipinski definition) is 1. The fraction of sp³-hybridized carbons (Fsp3) is 0.364. The molecule has 1 aliphatic rings. The van der Waals surface area contributed by atoms with Crippen LogP contribution in [0.3, 0.4) is 0 Å². The molecule has 0 atom stereocenters. The van der Waals surface area contributed by atoms with Crippen molar-refractivity contribution in [3.63, 3.8) is 0 Å². The Morgan fingerprint density at radius 1 is 1.47 bits per heavy atom. The zero-order chi connectivity index (χ0) is 10.3. The molecule has 0 radical (unpaired) electrons. The molecule has 3 nitrogen and oxygen atoms in total. The smallest absolute Gasteiger partial charge is 0.0969 e. The number of aromatic nitrogens is 1. The van der Waals surface area contributed by atoms with Gasteiger partial charge in [-0.25, -0.2) is 10.9 Å². The molecule has 1 fully saturated rings. The van der Waals surface area contributed by atoms with Gasteiger partial charge in [-0.05, 0) is 18.9 Å². The predicted octanol–water partition coefficient (Wildman–Crippen LogP) is 2.56. The number of nitrogens with two attached hydrogens (primary N) is 1. The lowest BCUT2D eigenvalue weighted by molar-refractivity contribution is 0.125. The first kappa shape index (κ1) is 9.27. The fourth-order valence-electron chi connectivity index (χ4n) is 1.73.